The number of hydrogen-bond acceptors (Lipinski definition) is 0. The van der Waals surface area contributed by atoms with Gasteiger partial charge in [0.25, 0.3) is 0 Å². The normalized spacial score (nSPS) is 10.4. The largest absolute Gasteiger partial charge is 0.204 e. The van der Waals surface area contributed by atoms with Gasteiger partial charge in [-0.2, -0.15) is 28.3 Å². The van der Waals surface area contributed by atoms with Crippen LogP contribution < -0.4 is 0 Å². The number of fused-ring (bicyclic) bond motifs is 1. The summed E-state index contributed by atoms with van der Waals surface area (Å²) in [4.78, 5) is 0. The van der Waals surface area contributed by atoms with Crippen molar-refractivity contribution in [2.75, 3.05) is 0 Å². The molecule has 0 nitrogen and oxygen atoms in total. The van der Waals surface area contributed by atoms with Gasteiger partial charge in [0, 0.05) is 0 Å². The smallest absolute Gasteiger partial charge is 0.197 e. The molecule has 0 bridgehead atoms. The second-order valence-corrected chi connectivity index (χ2v) is 17.3. The molecular formula is C26H26F4SiZr. The summed E-state index contributed by atoms with van der Waals surface area (Å²) in [5.41, 5.74) is 6.01. The summed E-state index contributed by atoms with van der Waals surface area (Å²) in [6.45, 7) is 13.3. The molecule has 0 saturated heterocycles. The number of hydrogen-bond donors (Lipinski definition) is 0. The molecule has 0 aliphatic carbocycles. The minimum Gasteiger partial charge on any atom is -0.204 e. The molecule has 0 heterocycles. The Morgan fingerprint density at radius 1 is 0.781 bits per heavy atom. The Morgan fingerprint density at radius 2 is 1.31 bits per heavy atom. The summed E-state index contributed by atoms with van der Waals surface area (Å²) in [6.07, 6.45) is 0. The molecule has 4 rings (SSSR count). The second kappa shape index (κ2) is 11.4. The van der Waals surface area contributed by atoms with E-state index in [2.05, 4.69) is 46.9 Å². The van der Waals surface area contributed by atoms with Crippen LogP contribution in [0.2, 0.25) is 13.1 Å². The first kappa shape index (κ1) is 26.5. The van der Waals surface area contributed by atoms with Crippen LogP contribution in [0.25, 0.3) is 21.9 Å². The quantitative estimate of drug-likeness (QED) is 0.0760. The van der Waals surface area contributed by atoms with E-state index in [-0.39, 0.29) is 11.0 Å². The Balaban J connectivity index is 0.000000233. The Kier molecular flexibility index (Phi) is 9.41. The predicted molar refractivity (Wildman–Crippen MR) is 123 cm³/mol. The van der Waals surface area contributed by atoms with Crippen LogP contribution in [0.4, 0.5) is 17.6 Å². The zero-order valence-electron chi connectivity index (χ0n) is 19.1. The first-order valence-electron chi connectivity index (χ1n) is 10.1. The molecule has 0 aliphatic rings. The maximum Gasteiger partial charge on any atom is 0.197 e. The molecule has 0 unspecified atom stereocenters. The molecule has 0 saturated carbocycles. The van der Waals surface area contributed by atoms with Crippen LogP contribution in [-0.4, -0.2) is 5.43 Å². The van der Waals surface area contributed by atoms with Gasteiger partial charge in [-0.15, -0.1) is 46.7 Å². The minimum atomic E-state index is -1.79. The van der Waals surface area contributed by atoms with Crippen LogP contribution in [0.1, 0.15) is 22.3 Å². The van der Waals surface area contributed by atoms with Crippen molar-refractivity contribution in [1.29, 1.82) is 0 Å². The van der Waals surface area contributed by atoms with Crippen LogP contribution in [0, 0.1) is 51.0 Å². The van der Waals surface area contributed by atoms with Crippen molar-refractivity contribution in [3.63, 3.8) is 0 Å². The molecular weight excluding hydrogens is 508 g/mol. The Bertz CT molecular complexity index is 1220. The van der Waals surface area contributed by atoms with Crippen LogP contribution in [0.3, 0.4) is 0 Å². The molecule has 0 radical (unpaired) electrons. The maximum atomic E-state index is 13.8. The van der Waals surface area contributed by atoms with Gasteiger partial charge in [-0.3, -0.25) is 0 Å². The third kappa shape index (κ3) is 6.17. The van der Waals surface area contributed by atoms with Crippen LogP contribution >= 0.6 is 0 Å². The molecule has 6 heteroatoms. The van der Waals surface area contributed by atoms with Gasteiger partial charge in [0.15, 0.2) is 23.3 Å². The molecule has 0 atom stereocenters. The third-order valence-electron chi connectivity index (χ3n) is 5.25. The monoisotopic (exact) mass is 532 g/mol. The van der Waals surface area contributed by atoms with Crippen LogP contribution in [0.15, 0.2) is 48.5 Å². The summed E-state index contributed by atoms with van der Waals surface area (Å²) < 4.78 is 53.2. The molecule has 4 aromatic rings. The standard InChI is InChI=1S/C15H7F4.C9H13.C2H6Si.Zr/c16-12-7-11(13(17)15(19)14(12)18)10-6-5-8-3-1-2-4-9(8)10;1-6-5-7(2)9(4)8(6)3;1-3-2;/h1-7H;5H,1-4H3;1-2H3;/q2*-1;;+2. The second-order valence-electron chi connectivity index (χ2n) is 7.94. The fourth-order valence-corrected chi connectivity index (χ4v) is 3.29. The van der Waals surface area contributed by atoms with Gasteiger partial charge in [-0.25, -0.2) is 17.6 Å². The van der Waals surface area contributed by atoms with Crippen molar-refractivity contribution >= 4 is 16.2 Å². The Labute approximate surface area is 202 Å². The van der Waals surface area contributed by atoms with Gasteiger partial charge in [-0.1, -0.05) is 33.8 Å². The Hall–Kier alpha value is -1.78. The first-order valence-corrected chi connectivity index (χ1v) is 16.3. The van der Waals surface area contributed by atoms with Crippen molar-refractivity contribution in [1.82, 2.24) is 0 Å². The number of benzene rings is 2. The van der Waals surface area contributed by atoms with Crippen molar-refractivity contribution in [2.24, 2.45) is 0 Å². The van der Waals surface area contributed by atoms with Gasteiger partial charge >= 0.3 is 41.9 Å². The van der Waals surface area contributed by atoms with Crippen LogP contribution in [0.5, 0.6) is 0 Å². The van der Waals surface area contributed by atoms with Gasteiger partial charge in [-0.05, 0) is 11.6 Å². The summed E-state index contributed by atoms with van der Waals surface area (Å²) >= 11 is 1.74. The number of aryl methyl sites for hydroxylation is 2. The molecule has 166 valence electrons. The number of halogens is 4. The zero-order valence-corrected chi connectivity index (χ0v) is 22.6. The van der Waals surface area contributed by atoms with E-state index in [9.17, 15) is 17.6 Å². The van der Waals surface area contributed by atoms with E-state index in [1.54, 1.807) is 59.7 Å². The molecule has 0 spiro atoms. The summed E-state index contributed by atoms with van der Waals surface area (Å²) in [5.74, 6) is -6.37. The average Bonchev–Trinajstić information content (AvgIpc) is 3.26. The average molecular weight is 534 g/mol. The fourth-order valence-electron chi connectivity index (χ4n) is 3.29. The predicted octanol–water partition coefficient (Wildman–Crippen LogP) is 8.21. The minimum absolute atomic E-state index is 0.210. The van der Waals surface area contributed by atoms with Crippen molar-refractivity contribution < 1.29 is 40.9 Å². The van der Waals surface area contributed by atoms with E-state index < -0.39 is 23.3 Å². The topological polar surface area (TPSA) is 0 Å². The fraction of sp³-hybridized carbons (Fsp3) is 0.231. The molecule has 0 aliphatic heterocycles. The van der Waals surface area contributed by atoms with Crippen molar-refractivity contribution in [2.45, 2.75) is 40.8 Å². The van der Waals surface area contributed by atoms with Gasteiger partial charge in [0.2, 0.25) is 0 Å². The van der Waals surface area contributed by atoms with E-state index in [1.165, 1.54) is 22.3 Å². The number of rotatable bonds is 1. The van der Waals surface area contributed by atoms with Crippen LogP contribution in [-0.2, 0) is 23.3 Å². The Morgan fingerprint density at radius 3 is 1.81 bits per heavy atom. The van der Waals surface area contributed by atoms with Crippen molar-refractivity contribution in [3.8, 4) is 11.1 Å². The summed E-state index contributed by atoms with van der Waals surface area (Å²) in [7, 11) is 0. The van der Waals surface area contributed by atoms with Gasteiger partial charge in [0.1, 0.15) is 0 Å². The van der Waals surface area contributed by atoms with Gasteiger partial charge < -0.3 is 0 Å². The van der Waals surface area contributed by atoms with E-state index in [1.807, 2.05) is 0 Å². The van der Waals surface area contributed by atoms with E-state index in [0.29, 0.717) is 17.0 Å². The summed E-state index contributed by atoms with van der Waals surface area (Å²) in [5, 5.41) is 1.48. The SMILES string of the molecule is C[Si](C)=[Zr+2].Cc1[cH-]c(C)c(C)c1C.Fc1cc(-c2c[cH-]c3ccccc23)c(F)c(F)c1F. The van der Waals surface area contributed by atoms with Gasteiger partial charge in [0.05, 0.1) is 0 Å². The van der Waals surface area contributed by atoms with E-state index >= 15 is 0 Å². The maximum absolute atomic E-state index is 13.8. The van der Waals surface area contributed by atoms with E-state index in [0.717, 1.165) is 5.39 Å². The summed E-state index contributed by atoms with van der Waals surface area (Å²) in [6, 6.07) is 13.2. The molecule has 32 heavy (non-hydrogen) atoms. The molecule has 0 fully saturated rings. The third-order valence-corrected chi connectivity index (χ3v) is 5.25. The first-order chi connectivity index (χ1) is 15.0. The molecule has 0 aromatic heterocycles. The van der Waals surface area contributed by atoms with Crippen molar-refractivity contribution in [3.05, 3.63) is 94.1 Å². The molecule has 0 amide bonds. The zero-order chi connectivity index (χ0) is 24.2. The van der Waals surface area contributed by atoms with E-state index in [4.69, 9.17) is 0 Å². The molecule has 4 aromatic carbocycles. The molecule has 0 N–H and O–H groups in total.